The Kier molecular flexibility index (Phi) is 4.69. The van der Waals surface area contributed by atoms with Crippen LogP contribution in [0.1, 0.15) is 29.2 Å². The van der Waals surface area contributed by atoms with E-state index in [0.29, 0.717) is 4.88 Å². The molecule has 2 rings (SSSR count). The van der Waals surface area contributed by atoms with Gasteiger partial charge >= 0.3 is 5.97 Å². The van der Waals surface area contributed by atoms with Crippen LogP contribution in [0.5, 0.6) is 0 Å². The maximum atomic E-state index is 12.2. The van der Waals surface area contributed by atoms with Crippen LogP contribution in [0.15, 0.2) is 6.07 Å². The highest BCUT2D eigenvalue weighted by atomic mass is 32.1. The number of aliphatic carboxylic acids is 1. The topological polar surface area (TPSA) is 113 Å². The molecule has 23 heavy (non-hydrogen) atoms. The number of aryl methyl sites for hydroxylation is 2. The van der Waals surface area contributed by atoms with E-state index >= 15 is 0 Å². The van der Waals surface area contributed by atoms with Crippen molar-refractivity contribution in [1.82, 2.24) is 20.4 Å². The van der Waals surface area contributed by atoms with Crippen LogP contribution in [0.2, 0.25) is 0 Å². The van der Waals surface area contributed by atoms with Gasteiger partial charge in [0.15, 0.2) is 0 Å². The highest BCUT2D eigenvalue weighted by Gasteiger charge is 2.22. The van der Waals surface area contributed by atoms with Crippen molar-refractivity contribution in [3.05, 3.63) is 16.6 Å². The third-order valence-corrected chi connectivity index (χ3v) is 4.59. The first-order valence-corrected chi connectivity index (χ1v) is 7.79. The highest BCUT2D eigenvalue weighted by molar-refractivity contribution is 7.20. The van der Waals surface area contributed by atoms with Crippen molar-refractivity contribution < 1.29 is 19.5 Å². The number of carboxylic acid groups (broad SMARTS) is 1. The van der Waals surface area contributed by atoms with Gasteiger partial charge in [0.05, 0.1) is 10.6 Å². The molecule has 3 N–H and O–H groups in total. The molecule has 2 heterocycles. The van der Waals surface area contributed by atoms with E-state index in [2.05, 4.69) is 15.7 Å². The van der Waals surface area contributed by atoms with E-state index in [1.165, 1.54) is 25.2 Å². The normalized spacial score (nSPS) is 13.6. The second-order valence-electron chi connectivity index (χ2n) is 5.30. The molecule has 0 radical (unpaired) electrons. The van der Waals surface area contributed by atoms with Gasteiger partial charge in [-0.15, -0.1) is 11.3 Å². The maximum absolute atomic E-state index is 12.2. The van der Waals surface area contributed by atoms with Crippen molar-refractivity contribution in [3.8, 4) is 0 Å². The number of thiophene rings is 1. The van der Waals surface area contributed by atoms with Crippen LogP contribution in [0.25, 0.3) is 10.2 Å². The van der Waals surface area contributed by atoms with Gasteiger partial charge in [-0.3, -0.25) is 19.1 Å². The number of carboxylic acids is 1. The van der Waals surface area contributed by atoms with Gasteiger partial charge in [-0.1, -0.05) is 0 Å². The summed E-state index contributed by atoms with van der Waals surface area (Å²) in [6, 6.07) is -0.115. The number of nitrogens with zero attached hydrogens (tertiary/aromatic N) is 2. The Hall–Kier alpha value is -2.42. The summed E-state index contributed by atoms with van der Waals surface area (Å²) in [5.74, 6) is -2.06. The predicted molar refractivity (Wildman–Crippen MR) is 85.5 cm³/mol. The van der Waals surface area contributed by atoms with Crippen molar-refractivity contribution in [1.29, 1.82) is 0 Å². The zero-order valence-electron chi connectivity index (χ0n) is 13.2. The van der Waals surface area contributed by atoms with Crippen molar-refractivity contribution in [2.45, 2.75) is 32.9 Å². The number of rotatable bonds is 5. The molecule has 0 aliphatic carbocycles. The van der Waals surface area contributed by atoms with Gasteiger partial charge in [0.2, 0.25) is 5.91 Å². The predicted octanol–water partition coefficient (Wildman–Crippen LogP) is 0.651. The smallest absolute Gasteiger partial charge is 0.325 e. The summed E-state index contributed by atoms with van der Waals surface area (Å²) in [6.45, 7) is 4.72. The standard InChI is InChI=1S/C14H18N4O4S/c1-6-9-5-10(23-13(9)18(4)17-6)12(20)15-7(2)11(19)16-8(3)14(21)22/h5,7-8H,1-4H3,(H,15,20)(H,16,19)(H,21,22)/t7?,8-/m1/s1. The molecule has 2 amide bonds. The zero-order valence-corrected chi connectivity index (χ0v) is 14.0. The summed E-state index contributed by atoms with van der Waals surface area (Å²) in [6.07, 6.45) is 0. The fraction of sp³-hybridized carbons (Fsp3) is 0.429. The second-order valence-corrected chi connectivity index (χ2v) is 6.33. The van der Waals surface area contributed by atoms with Gasteiger partial charge in [-0.25, -0.2) is 0 Å². The third kappa shape index (κ3) is 3.50. The Morgan fingerprint density at radius 1 is 1.26 bits per heavy atom. The van der Waals surface area contributed by atoms with Gasteiger partial charge in [-0.05, 0) is 26.8 Å². The van der Waals surface area contributed by atoms with Crippen molar-refractivity contribution in [3.63, 3.8) is 0 Å². The number of fused-ring (bicyclic) bond motifs is 1. The zero-order chi connectivity index (χ0) is 17.3. The molecule has 0 fully saturated rings. The minimum Gasteiger partial charge on any atom is -0.480 e. The third-order valence-electron chi connectivity index (χ3n) is 3.39. The van der Waals surface area contributed by atoms with E-state index in [1.54, 1.807) is 17.8 Å². The van der Waals surface area contributed by atoms with Crippen LogP contribution >= 0.6 is 11.3 Å². The number of carbonyl (C=O) groups is 3. The van der Waals surface area contributed by atoms with E-state index in [1.807, 2.05) is 6.92 Å². The summed E-state index contributed by atoms with van der Waals surface area (Å²) in [7, 11) is 1.80. The van der Waals surface area contributed by atoms with Crippen LogP contribution in [-0.2, 0) is 16.6 Å². The largest absolute Gasteiger partial charge is 0.480 e. The molecule has 1 unspecified atom stereocenters. The maximum Gasteiger partial charge on any atom is 0.325 e. The molecule has 0 saturated heterocycles. The summed E-state index contributed by atoms with van der Waals surface area (Å²) in [4.78, 5) is 36.2. The molecule has 0 bridgehead atoms. The first-order chi connectivity index (χ1) is 10.7. The number of amides is 2. The lowest BCUT2D eigenvalue weighted by Gasteiger charge is -2.15. The average Bonchev–Trinajstić information content (AvgIpc) is 3.01. The minimum atomic E-state index is -1.13. The molecule has 8 nitrogen and oxygen atoms in total. The van der Waals surface area contributed by atoms with Crippen LogP contribution < -0.4 is 10.6 Å². The highest BCUT2D eigenvalue weighted by Crippen LogP contribution is 2.27. The lowest BCUT2D eigenvalue weighted by atomic mass is 10.2. The van der Waals surface area contributed by atoms with Gasteiger partial charge in [-0.2, -0.15) is 5.10 Å². The van der Waals surface area contributed by atoms with Gasteiger partial charge in [0, 0.05) is 12.4 Å². The number of hydrogen-bond donors (Lipinski definition) is 3. The van der Waals surface area contributed by atoms with Crippen molar-refractivity contribution in [2.75, 3.05) is 0 Å². The van der Waals surface area contributed by atoms with Crippen molar-refractivity contribution in [2.24, 2.45) is 7.05 Å². The lowest BCUT2D eigenvalue weighted by molar-refractivity contribution is -0.141. The molecule has 0 spiro atoms. The van der Waals surface area contributed by atoms with Gasteiger partial charge in [0.1, 0.15) is 16.9 Å². The molecule has 9 heteroatoms. The van der Waals surface area contributed by atoms with Crippen LogP contribution in [0.3, 0.4) is 0 Å². The molecular formula is C14H18N4O4S. The Bertz CT molecular complexity index is 745. The van der Waals surface area contributed by atoms with Crippen LogP contribution in [-0.4, -0.2) is 44.8 Å². The van der Waals surface area contributed by atoms with Gasteiger partial charge < -0.3 is 15.7 Å². The van der Waals surface area contributed by atoms with E-state index in [-0.39, 0.29) is 5.91 Å². The van der Waals surface area contributed by atoms with Crippen molar-refractivity contribution >= 4 is 39.3 Å². The first-order valence-electron chi connectivity index (χ1n) is 6.98. The summed E-state index contributed by atoms with van der Waals surface area (Å²) in [5.41, 5.74) is 0.832. The van der Waals surface area contributed by atoms with E-state index < -0.39 is 24.0 Å². The van der Waals surface area contributed by atoms with E-state index in [0.717, 1.165) is 15.9 Å². The Morgan fingerprint density at radius 2 is 1.91 bits per heavy atom. The molecule has 0 saturated carbocycles. The molecule has 0 aromatic carbocycles. The van der Waals surface area contributed by atoms with Gasteiger partial charge in [0.25, 0.3) is 5.91 Å². The average molecular weight is 338 g/mol. The lowest BCUT2D eigenvalue weighted by Crippen LogP contribution is -2.49. The Balaban J connectivity index is 2.06. The number of hydrogen-bond acceptors (Lipinski definition) is 5. The summed E-state index contributed by atoms with van der Waals surface area (Å²) in [5, 5.41) is 18.8. The fourth-order valence-electron chi connectivity index (χ4n) is 2.05. The molecule has 2 aromatic rings. The molecule has 2 atom stereocenters. The molecule has 2 aromatic heterocycles. The fourth-order valence-corrected chi connectivity index (χ4v) is 3.08. The number of aromatic nitrogens is 2. The molecule has 124 valence electrons. The van der Waals surface area contributed by atoms with E-state index in [4.69, 9.17) is 5.11 Å². The van der Waals surface area contributed by atoms with Crippen LogP contribution in [0, 0.1) is 6.92 Å². The quantitative estimate of drug-likeness (QED) is 0.741. The second kappa shape index (κ2) is 6.37. The SMILES string of the molecule is Cc1nn(C)c2sc(C(=O)NC(C)C(=O)N[C@H](C)C(=O)O)cc12. The van der Waals surface area contributed by atoms with Crippen LogP contribution in [0.4, 0.5) is 0 Å². The molecule has 0 aliphatic rings. The molecular weight excluding hydrogens is 320 g/mol. The monoisotopic (exact) mass is 338 g/mol. The number of carbonyl (C=O) groups excluding carboxylic acids is 2. The Morgan fingerprint density at radius 3 is 2.48 bits per heavy atom. The van der Waals surface area contributed by atoms with E-state index in [9.17, 15) is 14.4 Å². The summed E-state index contributed by atoms with van der Waals surface area (Å²) < 4.78 is 1.71. The Labute approximate surface area is 136 Å². The first kappa shape index (κ1) is 16.9. The minimum absolute atomic E-state index is 0.378. The molecule has 0 aliphatic heterocycles. The number of nitrogens with one attached hydrogen (secondary N) is 2. The summed E-state index contributed by atoms with van der Waals surface area (Å²) >= 11 is 1.29.